The number of aromatic nitrogens is 4. The molecular weight excluding hydrogens is 514 g/mol. The third kappa shape index (κ3) is 5.49. The summed E-state index contributed by atoms with van der Waals surface area (Å²) in [5, 5.41) is 4.48. The minimum absolute atomic E-state index is 0.158. The van der Waals surface area contributed by atoms with E-state index in [2.05, 4.69) is 22.2 Å². The molecule has 1 N–H and O–H groups in total. The van der Waals surface area contributed by atoms with E-state index < -0.39 is 10.0 Å². The van der Waals surface area contributed by atoms with Crippen molar-refractivity contribution in [2.75, 3.05) is 19.7 Å². The minimum atomic E-state index is -3.74. The predicted molar refractivity (Wildman–Crippen MR) is 151 cm³/mol. The molecule has 206 valence electrons. The van der Waals surface area contributed by atoms with E-state index in [0.29, 0.717) is 54.4 Å². The molecule has 10 heteroatoms. The first-order valence-electron chi connectivity index (χ1n) is 13.6. The minimum Gasteiger partial charge on any atom is -0.493 e. The molecule has 1 aliphatic heterocycles. The number of piperidine rings is 1. The van der Waals surface area contributed by atoms with E-state index in [4.69, 9.17) is 9.72 Å². The lowest BCUT2D eigenvalue weighted by Crippen LogP contribution is -2.38. The van der Waals surface area contributed by atoms with Crippen molar-refractivity contribution < 1.29 is 13.2 Å². The van der Waals surface area contributed by atoms with Gasteiger partial charge in [-0.25, -0.2) is 13.4 Å². The Morgan fingerprint density at radius 2 is 1.82 bits per heavy atom. The van der Waals surface area contributed by atoms with Gasteiger partial charge in [0.2, 0.25) is 10.0 Å². The smallest absolute Gasteiger partial charge is 0.277 e. The van der Waals surface area contributed by atoms with E-state index in [9.17, 15) is 13.2 Å². The van der Waals surface area contributed by atoms with Crippen molar-refractivity contribution >= 4 is 21.1 Å². The first-order valence-corrected chi connectivity index (χ1v) is 15.0. The maximum Gasteiger partial charge on any atom is 0.277 e. The number of fused-ring (bicyclic) bond motifs is 1. The molecule has 0 bridgehead atoms. The van der Waals surface area contributed by atoms with E-state index in [0.717, 1.165) is 31.4 Å². The number of rotatable bonds is 9. The molecule has 1 aliphatic rings. The van der Waals surface area contributed by atoms with Crippen molar-refractivity contribution in [2.24, 2.45) is 13.0 Å². The summed E-state index contributed by atoms with van der Waals surface area (Å²) in [5.41, 5.74) is 3.04. The first-order chi connectivity index (χ1) is 18.8. The SMILES string of the molecule is CCCc1nn(C)c2c(=O)[nH]c(-c3cc(S(=O)(=O)N4CCC(Cc5ccccc5)CC4)ccc3OCC)nc12. The Kier molecular flexibility index (Phi) is 7.86. The van der Waals surface area contributed by atoms with Crippen LogP contribution in [0.5, 0.6) is 5.75 Å². The molecule has 1 fully saturated rings. The maximum atomic E-state index is 13.7. The second kappa shape index (κ2) is 11.3. The average molecular weight is 550 g/mol. The van der Waals surface area contributed by atoms with Crippen LogP contribution in [0, 0.1) is 5.92 Å². The van der Waals surface area contributed by atoms with Crippen molar-refractivity contribution in [2.45, 2.75) is 50.8 Å². The molecule has 5 rings (SSSR count). The zero-order valence-electron chi connectivity index (χ0n) is 22.7. The Bertz CT molecular complexity index is 1620. The standard InChI is InChI=1S/C29H35N5O4S/c1-4-9-24-26-27(33(3)32-24)29(35)31-28(30-26)23-19-22(12-13-25(23)38-5-2)39(36,37)34-16-14-21(15-17-34)18-20-10-7-6-8-11-20/h6-8,10-13,19,21H,4-5,9,14-18H2,1-3H3,(H,30,31,35). The Morgan fingerprint density at radius 1 is 1.08 bits per heavy atom. The number of sulfonamides is 1. The summed E-state index contributed by atoms with van der Waals surface area (Å²) in [5.74, 6) is 1.17. The number of ether oxygens (including phenoxy) is 1. The van der Waals surface area contributed by atoms with Gasteiger partial charge in [-0.2, -0.15) is 9.40 Å². The monoisotopic (exact) mass is 549 g/mol. The molecule has 0 unspecified atom stereocenters. The fourth-order valence-electron chi connectivity index (χ4n) is 5.37. The Labute approximate surface area is 228 Å². The molecule has 2 aromatic carbocycles. The number of aromatic amines is 1. The second-order valence-corrected chi connectivity index (χ2v) is 12.0. The molecule has 1 saturated heterocycles. The van der Waals surface area contributed by atoms with Crippen molar-refractivity contribution in [1.29, 1.82) is 0 Å². The van der Waals surface area contributed by atoms with Gasteiger partial charge >= 0.3 is 0 Å². The van der Waals surface area contributed by atoms with Gasteiger partial charge in [-0.05, 0) is 62.3 Å². The molecule has 0 radical (unpaired) electrons. The number of nitrogens with one attached hydrogen (secondary N) is 1. The van der Waals surface area contributed by atoms with Gasteiger partial charge in [0.15, 0.2) is 5.52 Å². The van der Waals surface area contributed by atoms with Crippen LogP contribution in [0.4, 0.5) is 0 Å². The van der Waals surface area contributed by atoms with Crippen LogP contribution in [0.15, 0.2) is 58.2 Å². The highest BCUT2D eigenvalue weighted by molar-refractivity contribution is 7.89. The fourth-order valence-corrected chi connectivity index (χ4v) is 6.86. The molecule has 4 aromatic rings. The summed E-state index contributed by atoms with van der Waals surface area (Å²) >= 11 is 0. The van der Waals surface area contributed by atoms with Gasteiger partial charge in [0.25, 0.3) is 5.56 Å². The Hall–Kier alpha value is -3.50. The van der Waals surface area contributed by atoms with E-state index in [-0.39, 0.29) is 16.3 Å². The van der Waals surface area contributed by atoms with Crippen LogP contribution in [0.1, 0.15) is 44.4 Å². The third-order valence-corrected chi connectivity index (χ3v) is 9.23. The van der Waals surface area contributed by atoms with E-state index >= 15 is 0 Å². The summed E-state index contributed by atoms with van der Waals surface area (Å²) in [6.07, 6.45) is 4.11. The van der Waals surface area contributed by atoms with Crippen molar-refractivity contribution in [3.05, 3.63) is 70.1 Å². The van der Waals surface area contributed by atoms with E-state index in [1.54, 1.807) is 34.2 Å². The van der Waals surface area contributed by atoms with Crippen LogP contribution in [0.25, 0.3) is 22.4 Å². The van der Waals surface area contributed by atoms with Crippen LogP contribution >= 0.6 is 0 Å². The molecule has 0 aliphatic carbocycles. The van der Waals surface area contributed by atoms with Gasteiger partial charge in [-0.3, -0.25) is 9.48 Å². The first kappa shape index (κ1) is 27.1. The van der Waals surface area contributed by atoms with Crippen LogP contribution in [0.3, 0.4) is 0 Å². The number of hydrogen-bond donors (Lipinski definition) is 1. The number of benzene rings is 2. The quantitative estimate of drug-likeness (QED) is 0.333. The molecule has 0 saturated carbocycles. The normalized spacial score (nSPS) is 15.2. The molecule has 39 heavy (non-hydrogen) atoms. The van der Waals surface area contributed by atoms with Gasteiger partial charge < -0.3 is 9.72 Å². The van der Waals surface area contributed by atoms with Crippen molar-refractivity contribution in [3.8, 4) is 17.1 Å². The van der Waals surface area contributed by atoms with Gasteiger partial charge in [0.05, 0.1) is 22.8 Å². The Morgan fingerprint density at radius 3 is 2.51 bits per heavy atom. The lowest BCUT2D eigenvalue weighted by atomic mass is 9.91. The molecule has 9 nitrogen and oxygen atoms in total. The number of hydrogen-bond acceptors (Lipinski definition) is 6. The summed E-state index contributed by atoms with van der Waals surface area (Å²) in [4.78, 5) is 20.8. The average Bonchev–Trinajstić information content (AvgIpc) is 3.25. The van der Waals surface area contributed by atoms with Crippen LogP contribution in [-0.4, -0.2) is 52.2 Å². The third-order valence-electron chi connectivity index (χ3n) is 7.33. The van der Waals surface area contributed by atoms with Crippen LogP contribution in [-0.2, 0) is 29.9 Å². The topological polar surface area (TPSA) is 110 Å². The van der Waals surface area contributed by atoms with Crippen molar-refractivity contribution in [3.63, 3.8) is 0 Å². The van der Waals surface area contributed by atoms with Crippen LogP contribution in [0.2, 0.25) is 0 Å². The highest BCUT2D eigenvalue weighted by Gasteiger charge is 2.30. The van der Waals surface area contributed by atoms with E-state index in [1.807, 2.05) is 32.0 Å². The van der Waals surface area contributed by atoms with E-state index in [1.165, 1.54) is 5.56 Å². The zero-order chi connectivity index (χ0) is 27.6. The number of H-pyrrole nitrogens is 1. The molecular formula is C29H35N5O4S. The van der Waals surface area contributed by atoms with Crippen LogP contribution < -0.4 is 10.3 Å². The number of aryl methyl sites for hydroxylation is 2. The lowest BCUT2D eigenvalue weighted by molar-refractivity contribution is 0.273. The highest BCUT2D eigenvalue weighted by atomic mass is 32.2. The largest absolute Gasteiger partial charge is 0.493 e. The lowest BCUT2D eigenvalue weighted by Gasteiger charge is -2.31. The zero-order valence-corrected chi connectivity index (χ0v) is 23.5. The molecule has 2 aromatic heterocycles. The Balaban J connectivity index is 1.46. The maximum absolute atomic E-state index is 13.7. The summed E-state index contributed by atoms with van der Waals surface area (Å²) in [6.45, 7) is 5.22. The summed E-state index contributed by atoms with van der Waals surface area (Å²) < 4.78 is 36.3. The van der Waals surface area contributed by atoms with Gasteiger partial charge in [-0.1, -0.05) is 43.7 Å². The molecule has 0 amide bonds. The molecule has 0 atom stereocenters. The highest BCUT2D eigenvalue weighted by Crippen LogP contribution is 2.33. The van der Waals surface area contributed by atoms with Crippen molar-refractivity contribution in [1.82, 2.24) is 24.1 Å². The fraction of sp³-hybridized carbons (Fsp3) is 0.414. The predicted octanol–water partition coefficient (Wildman–Crippen LogP) is 4.32. The second-order valence-electron chi connectivity index (χ2n) is 10.1. The molecule has 0 spiro atoms. The van der Waals surface area contributed by atoms with Gasteiger partial charge in [0.1, 0.15) is 17.1 Å². The molecule has 3 heterocycles. The van der Waals surface area contributed by atoms with Gasteiger partial charge in [0, 0.05) is 20.1 Å². The summed E-state index contributed by atoms with van der Waals surface area (Å²) in [7, 11) is -2.02. The van der Waals surface area contributed by atoms with Gasteiger partial charge in [-0.15, -0.1) is 0 Å². The summed E-state index contributed by atoms with van der Waals surface area (Å²) in [6, 6.07) is 15.1. The number of nitrogens with zero attached hydrogens (tertiary/aromatic N) is 4.